The smallest absolute Gasteiger partial charge is 0.00813 e. The fourth-order valence-corrected chi connectivity index (χ4v) is 1.99. The Bertz CT molecular complexity index is 127. The van der Waals surface area contributed by atoms with Crippen molar-refractivity contribution in [2.45, 2.75) is 65.6 Å². The maximum atomic E-state index is 5.81. The van der Waals surface area contributed by atoms with Crippen molar-refractivity contribution in [2.75, 3.05) is 7.05 Å². The zero-order chi connectivity index (χ0) is 11.3. The summed E-state index contributed by atoms with van der Waals surface area (Å²) in [6.45, 7) is 11.2. The monoisotopic (exact) mass is 200 g/mol. The molecule has 0 spiro atoms. The van der Waals surface area contributed by atoms with Gasteiger partial charge < -0.3 is 10.6 Å². The van der Waals surface area contributed by atoms with Gasteiger partial charge in [0.05, 0.1) is 0 Å². The molecular weight excluding hydrogens is 172 g/mol. The summed E-state index contributed by atoms with van der Waals surface area (Å²) in [7, 11) is 2.21. The number of nitrogens with two attached hydrogens (primary N) is 1. The summed E-state index contributed by atoms with van der Waals surface area (Å²) in [4.78, 5) is 2.45. The van der Waals surface area contributed by atoms with Crippen molar-refractivity contribution in [3.63, 3.8) is 0 Å². The highest BCUT2D eigenvalue weighted by atomic mass is 15.1. The van der Waals surface area contributed by atoms with Crippen LogP contribution in [0, 0.1) is 5.92 Å². The Hall–Kier alpha value is -0.0800. The fourth-order valence-electron chi connectivity index (χ4n) is 1.99. The molecule has 0 fully saturated rings. The van der Waals surface area contributed by atoms with Crippen LogP contribution in [0.25, 0.3) is 0 Å². The van der Waals surface area contributed by atoms with Crippen LogP contribution < -0.4 is 5.73 Å². The molecule has 2 N–H and O–H groups in total. The van der Waals surface area contributed by atoms with Crippen molar-refractivity contribution in [1.82, 2.24) is 4.90 Å². The van der Waals surface area contributed by atoms with Gasteiger partial charge >= 0.3 is 0 Å². The predicted molar refractivity (Wildman–Crippen MR) is 64.4 cm³/mol. The first-order chi connectivity index (χ1) is 6.34. The Morgan fingerprint density at radius 1 is 0.929 bits per heavy atom. The van der Waals surface area contributed by atoms with E-state index in [1.165, 1.54) is 6.42 Å². The second-order valence-electron chi connectivity index (χ2n) is 5.21. The summed E-state index contributed by atoms with van der Waals surface area (Å²) in [6.07, 6.45) is 2.35. The van der Waals surface area contributed by atoms with Gasteiger partial charge in [0.1, 0.15) is 0 Å². The molecule has 0 saturated carbocycles. The summed E-state index contributed by atoms with van der Waals surface area (Å²) in [5.74, 6) is 0.773. The number of nitrogens with zero attached hydrogens (tertiary/aromatic N) is 1. The van der Waals surface area contributed by atoms with Crippen LogP contribution >= 0.6 is 0 Å². The van der Waals surface area contributed by atoms with E-state index < -0.39 is 0 Å². The van der Waals surface area contributed by atoms with E-state index in [1.54, 1.807) is 0 Å². The molecule has 0 bridgehead atoms. The summed E-state index contributed by atoms with van der Waals surface area (Å²) in [5, 5.41) is 0. The zero-order valence-corrected chi connectivity index (χ0v) is 10.7. The van der Waals surface area contributed by atoms with E-state index in [9.17, 15) is 0 Å². The van der Waals surface area contributed by atoms with E-state index >= 15 is 0 Å². The van der Waals surface area contributed by atoms with Crippen LogP contribution in [-0.4, -0.2) is 30.1 Å². The molecule has 0 saturated heterocycles. The molecule has 0 radical (unpaired) electrons. The number of hydrogen-bond donors (Lipinski definition) is 1. The molecule has 3 atom stereocenters. The minimum atomic E-state index is 0.304. The van der Waals surface area contributed by atoms with Crippen LogP contribution in [0.1, 0.15) is 47.5 Å². The molecular formula is C12H28N2. The maximum Gasteiger partial charge on any atom is 0.00813 e. The first kappa shape index (κ1) is 13.9. The van der Waals surface area contributed by atoms with E-state index in [0.29, 0.717) is 18.1 Å². The zero-order valence-electron chi connectivity index (χ0n) is 10.7. The third-order valence-electron chi connectivity index (χ3n) is 2.92. The maximum absolute atomic E-state index is 5.81. The molecule has 3 unspecified atom stereocenters. The lowest BCUT2D eigenvalue weighted by Gasteiger charge is -2.32. The standard InChI is InChI=1S/C12H28N2/c1-9(2)7-11(4)14(6)12(5)8-10(3)13/h9-12H,7-8,13H2,1-6H3. The molecule has 0 amide bonds. The van der Waals surface area contributed by atoms with E-state index in [1.807, 2.05) is 0 Å². The van der Waals surface area contributed by atoms with Crippen molar-refractivity contribution in [3.05, 3.63) is 0 Å². The lowest BCUT2D eigenvalue weighted by atomic mass is 10.0. The van der Waals surface area contributed by atoms with Crippen LogP contribution in [0.4, 0.5) is 0 Å². The molecule has 0 aromatic carbocycles. The summed E-state index contributed by atoms with van der Waals surface area (Å²) in [6, 6.07) is 1.55. The molecule has 0 aliphatic carbocycles. The van der Waals surface area contributed by atoms with Gasteiger partial charge in [-0.25, -0.2) is 0 Å². The molecule has 86 valence electrons. The van der Waals surface area contributed by atoms with Gasteiger partial charge in [0.15, 0.2) is 0 Å². The van der Waals surface area contributed by atoms with Gasteiger partial charge in [-0.15, -0.1) is 0 Å². The average Bonchev–Trinajstić information content (AvgIpc) is 2.00. The molecule has 2 nitrogen and oxygen atoms in total. The average molecular weight is 200 g/mol. The topological polar surface area (TPSA) is 29.3 Å². The van der Waals surface area contributed by atoms with Gasteiger partial charge in [0.25, 0.3) is 0 Å². The minimum absolute atomic E-state index is 0.304. The lowest BCUT2D eigenvalue weighted by Crippen LogP contribution is -2.40. The highest BCUT2D eigenvalue weighted by Crippen LogP contribution is 2.14. The van der Waals surface area contributed by atoms with Crippen molar-refractivity contribution in [2.24, 2.45) is 11.7 Å². The van der Waals surface area contributed by atoms with E-state index in [2.05, 4.69) is 46.6 Å². The van der Waals surface area contributed by atoms with Gasteiger partial charge in [-0.3, -0.25) is 0 Å². The van der Waals surface area contributed by atoms with E-state index in [-0.39, 0.29) is 0 Å². The molecule has 0 aliphatic rings. The first-order valence-electron chi connectivity index (χ1n) is 5.82. The Balaban J connectivity index is 3.96. The van der Waals surface area contributed by atoms with Gasteiger partial charge in [0, 0.05) is 18.1 Å². The lowest BCUT2D eigenvalue weighted by molar-refractivity contribution is 0.163. The first-order valence-corrected chi connectivity index (χ1v) is 5.82. The second-order valence-corrected chi connectivity index (χ2v) is 5.21. The number of hydrogen-bond acceptors (Lipinski definition) is 2. The van der Waals surface area contributed by atoms with Crippen molar-refractivity contribution >= 4 is 0 Å². The molecule has 0 heterocycles. The Morgan fingerprint density at radius 2 is 1.36 bits per heavy atom. The van der Waals surface area contributed by atoms with Gasteiger partial charge in [-0.2, -0.15) is 0 Å². The van der Waals surface area contributed by atoms with Gasteiger partial charge in [-0.05, 0) is 46.6 Å². The molecule has 14 heavy (non-hydrogen) atoms. The molecule has 0 aromatic rings. The van der Waals surface area contributed by atoms with Gasteiger partial charge in [0.2, 0.25) is 0 Å². The second kappa shape index (κ2) is 6.41. The van der Waals surface area contributed by atoms with Crippen LogP contribution in [0.2, 0.25) is 0 Å². The van der Waals surface area contributed by atoms with Crippen LogP contribution in [0.15, 0.2) is 0 Å². The molecule has 0 rings (SSSR count). The third kappa shape index (κ3) is 5.61. The van der Waals surface area contributed by atoms with Crippen molar-refractivity contribution < 1.29 is 0 Å². The molecule has 0 aromatic heterocycles. The van der Waals surface area contributed by atoms with Crippen molar-refractivity contribution in [3.8, 4) is 0 Å². The van der Waals surface area contributed by atoms with Crippen molar-refractivity contribution in [1.29, 1.82) is 0 Å². The Labute approximate surface area is 89.9 Å². The van der Waals surface area contributed by atoms with Gasteiger partial charge in [-0.1, -0.05) is 13.8 Å². The Morgan fingerprint density at radius 3 is 1.71 bits per heavy atom. The van der Waals surface area contributed by atoms with E-state index in [0.717, 1.165) is 12.3 Å². The SMILES string of the molecule is CC(C)CC(C)N(C)C(C)CC(C)N. The summed E-state index contributed by atoms with van der Waals surface area (Å²) in [5.41, 5.74) is 5.81. The van der Waals surface area contributed by atoms with E-state index in [4.69, 9.17) is 5.73 Å². The number of rotatable bonds is 6. The third-order valence-corrected chi connectivity index (χ3v) is 2.92. The fraction of sp³-hybridized carbons (Fsp3) is 1.00. The molecule has 2 heteroatoms. The van der Waals surface area contributed by atoms with Crippen LogP contribution in [-0.2, 0) is 0 Å². The minimum Gasteiger partial charge on any atom is -0.328 e. The largest absolute Gasteiger partial charge is 0.328 e. The summed E-state index contributed by atoms with van der Waals surface area (Å²) >= 11 is 0. The highest BCUT2D eigenvalue weighted by molar-refractivity contribution is 4.73. The quantitative estimate of drug-likeness (QED) is 0.714. The predicted octanol–water partition coefficient (Wildman–Crippen LogP) is 2.48. The summed E-state index contributed by atoms with van der Waals surface area (Å²) < 4.78 is 0. The molecule has 0 aliphatic heterocycles. The van der Waals surface area contributed by atoms with Crippen LogP contribution in [0.5, 0.6) is 0 Å². The van der Waals surface area contributed by atoms with Crippen LogP contribution in [0.3, 0.4) is 0 Å². The Kier molecular flexibility index (Phi) is 6.38. The highest BCUT2D eigenvalue weighted by Gasteiger charge is 2.17. The normalized spacial score (nSPS) is 18.6.